The van der Waals surface area contributed by atoms with Crippen molar-refractivity contribution in [3.05, 3.63) is 5.53 Å². The van der Waals surface area contributed by atoms with Crippen LogP contribution in [0.15, 0.2) is 15.0 Å². The molecule has 7 heteroatoms. The number of nitrogens with zero attached hydrogens (tertiary/aromatic N) is 5. The molecule has 0 saturated carbocycles. The molecular weight excluding hydrogens is 160 g/mol. The summed E-state index contributed by atoms with van der Waals surface area (Å²) in [5.74, 6) is -0.468. The van der Waals surface area contributed by atoms with E-state index < -0.39 is 5.91 Å². The number of carbonyl (C=O) groups is 1. The SMILES string of the molecule is [N-]=[N+]=C1N=C2N=CN=C2C(=O)N1. The van der Waals surface area contributed by atoms with Gasteiger partial charge in [0.25, 0.3) is 5.84 Å². The standard InChI is InChI=1S/C5H2N6O/c6-11-5-9-3-2(4(12)10-5)7-1-8-3/h1H,(H,10,12). The minimum atomic E-state index is -0.467. The highest BCUT2D eigenvalue weighted by atomic mass is 16.2. The summed E-state index contributed by atoms with van der Waals surface area (Å²) in [6.45, 7) is 0. The van der Waals surface area contributed by atoms with Crippen molar-refractivity contribution in [2.45, 2.75) is 0 Å². The Balaban J connectivity index is 2.56. The third-order valence-electron chi connectivity index (χ3n) is 1.33. The number of nitrogens with one attached hydrogen (secondary N) is 1. The van der Waals surface area contributed by atoms with Crippen molar-refractivity contribution in [1.29, 1.82) is 0 Å². The monoisotopic (exact) mass is 162 g/mol. The van der Waals surface area contributed by atoms with Crippen LogP contribution in [0.3, 0.4) is 0 Å². The fourth-order valence-corrected chi connectivity index (χ4v) is 0.839. The van der Waals surface area contributed by atoms with Gasteiger partial charge in [0, 0.05) is 0 Å². The summed E-state index contributed by atoms with van der Waals surface area (Å²) < 4.78 is 0. The van der Waals surface area contributed by atoms with Gasteiger partial charge in [0.2, 0.25) is 5.71 Å². The molecule has 0 fully saturated rings. The number of guanidine groups is 1. The van der Waals surface area contributed by atoms with Gasteiger partial charge in [0.1, 0.15) is 6.34 Å². The molecule has 0 atom stereocenters. The van der Waals surface area contributed by atoms with E-state index in [-0.39, 0.29) is 17.5 Å². The molecule has 0 spiro atoms. The van der Waals surface area contributed by atoms with Gasteiger partial charge < -0.3 is 10.3 Å². The van der Waals surface area contributed by atoms with Crippen molar-refractivity contribution in [1.82, 2.24) is 5.32 Å². The highest BCUT2D eigenvalue weighted by Gasteiger charge is 2.34. The van der Waals surface area contributed by atoms with Crippen molar-refractivity contribution in [2.24, 2.45) is 15.0 Å². The highest BCUT2D eigenvalue weighted by Crippen LogP contribution is 1.99. The van der Waals surface area contributed by atoms with Crippen molar-refractivity contribution in [3.63, 3.8) is 0 Å². The van der Waals surface area contributed by atoms with E-state index in [2.05, 4.69) is 25.1 Å². The topological polar surface area (TPSA) is 103 Å². The van der Waals surface area contributed by atoms with Crippen molar-refractivity contribution < 1.29 is 9.58 Å². The molecule has 2 heterocycles. The summed E-state index contributed by atoms with van der Waals surface area (Å²) in [5.41, 5.74) is 8.44. The van der Waals surface area contributed by atoms with Crippen LogP contribution in [0.4, 0.5) is 0 Å². The summed E-state index contributed by atoms with van der Waals surface area (Å²) >= 11 is 0. The Bertz CT molecular complexity index is 396. The molecule has 0 aliphatic carbocycles. The highest BCUT2D eigenvalue weighted by molar-refractivity contribution is 6.71. The van der Waals surface area contributed by atoms with Gasteiger partial charge >= 0.3 is 11.9 Å². The third-order valence-corrected chi connectivity index (χ3v) is 1.33. The summed E-state index contributed by atoms with van der Waals surface area (Å²) in [4.78, 5) is 24.8. The van der Waals surface area contributed by atoms with Crippen LogP contribution >= 0.6 is 0 Å². The normalized spacial score (nSPS) is 19.3. The van der Waals surface area contributed by atoms with E-state index in [0.717, 1.165) is 0 Å². The number of rotatable bonds is 0. The van der Waals surface area contributed by atoms with Crippen molar-refractivity contribution in [3.8, 4) is 0 Å². The van der Waals surface area contributed by atoms with E-state index in [9.17, 15) is 4.79 Å². The fraction of sp³-hybridized carbons (Fsp3) is 0. The number of amidine groups is 1. The average molecular weight is 162 g/mol. The molecule has 0 aromatic rings. The van der Waals surface area contributed by atoms with Crippen LogP contribution in [0.2, 0.25) is 0 Å². The van der Waals surface area contributed by atoms with Gasteiger partial charge in [-0.1, -0.05) is 0 Å². The Hall–Kier alpha value is -2.14. The number of hydrogen-bond acceptors (Lipinski definition) is 3. The van der Waals surface area contributed by atoms with Gasteiger partial charge in [-0.25, -0.2) is 9.79 Å². The van der Waals surface area contributed by atoms with Gasteiger partial charge in [-0.3, -0.25) is 0 Å². The average Bonchev–Trinajstić information content (AvgIpc) is 2.52. The number of amides is 1. The Labute approximate surface area is 66.2 Å². The van der Waals surface area contributed by atoms with Crippen LogP contribution in [-0.4, -0.2) is 34.5 Å². The molecule has 2 aliphatic rings. The fourth-order valence-electron chi connectivity index (χ4n) is 0.839. The first-order valence-electron chi connectivity index (χ1n) is 3.04. The van der Waals surface area contributed by atoms with Crippen molar-refractivity contribution >= 4 is 29.8 Å². The lowest BCUT2D eigenvalue weighted by Gasteiger charge is -1.99. The number of hydrogen-bond donors (Lipinski definition) is 1. The molecule has 2 rings (SSSR count). The molecule has 0 aromatic heterocycles. The summed E-state index contributed by atoms with van der Waals surface area (Å²) in [5, 5.41) is 2.20. The minimum Gasteiger partial charge on any atom is -0.542 e. The Kier molecular flexibility index (Phi) is 1.19. The first-order chi connectivity index (χ1) is 5.81. The lowest BCUT2D eigenvalue weighted by Crippen LogP contribution is -2.43. The zero-order valence-electron chi connectivity index (χ0n) is 5.72. The molecule has 1 N–H and O–H groups in total. The molecule has 0 aromatic carbocycles. The summed E-state index contributed by atoms with van der Waals surface area (Å²) in [6.07, 6.45) is 1.22. The van der Waals surface area contributed by atoms with Gasteiger partial charge in [-0.05, 0) is 4.99 Å². The predicted octanol–water partition coefficient (Wildman–Crippen LogP) is -1.42. The van der Waals surface area contributed by atoms with Crippen LogP contribution in [0.1, 0.15) is 0 Å². The molecule has 7 nitrogen and oxygen atoms in total. The van der Waals surface area contributed by atoms with E-state index in [4.69, 9.17) is 5.53 Å². The predicted molar refractivity (Wildman–Crippen MR) is 40.1 cm³/mol. The van der Waals surface area contributed by atoms with Crippen LogP contribution in [0.25, 0.3) is 5.53 Å². The smallest absolute Gasteiger partial charge is 0.474 e. The lowest BCUT2D eigenvalue weighted by molar-refractivity contribution is -0.114. The van der Waals surface area contributed by atoms with Gasteiger partial charge in [-0.15, -0.1) is 0 Å². The number of aliphatic imine (C=N–C) groups is 3. The molecular formula is C5H2N6O. The van der Waals surface area contributed by atoms with Gasteiger partial charge in [0.15, 0.2) is 0 Å². The first kappa shape index (κ1) is 6.56. The second-order valence-corrected chi connectivity index (χ2v) is 2.04. The minimum absolute atomic E-state index is 0.141. The van der Waals surface area contributed by atoms with Crippen LogP contribution in [0.5, 0.6) is 0 Å². The van der Waals surface area contributed by atoms with Crippen molar-refractivity contribution in [2.75, 3.05) is 0 Å². The quantitative estimate of drug-likeness (QED) is 0.343. The molecule has 0 radical (unpaired) electrons. The van der Waals surface area contributed by atoms with Gasteiger partial charge in [0.05, 0.1) is 0 Å². The third kappa shape index (κ3) is 0.774. The molecule has 2 aliphatic heterocycles. The van der Waals surface area contributed by atoms with Crippen LogP contribution < -0.4 is 5.32 Å². The molecule has 12 heavy (non-hydrogen) atoms. The maximum atomic E-state index is 11.1. The Morgan fingerprint density at radius 1 is 1.58 bits per heavy atom. The summed E-state index contributed by atoms with van der Waals surface area (Å²) in [6, 6.07) is 0. The molecule has 0 saturated heterocycles. The first-order valence-corrected chi connectivity index (χ1v) is 3.04. The molecule has 58 valence electrons. The van der Waals surface area contributed by atoms with E-state index in [1.807, 2.05) is 0 Å². The number of carbonyl (C=O) groups excluding carboxylic acids is 1. The van der Waals surface area contributed by atoms with Crippen LogP contribution in [0, 0.1) is 0 Å². The van der Waals surface area contributed by atoms with E-state index in [1.165, 1.54) is 6.34 Å². The second-order valence-electron chi connectivity index (χ2n) is 2.04. The maximum absolute atomic E-state index is 11.1. The number of fused-ring (bicyclic) bond motifs is 1. The molecule has 0 unspecified atom stereocenters. The zero-order chi connectivity index (χ0) is 8.55. The maximum Gasteiger partial charge on any atom is 0.474 e. The van der Waals surface area contributed by atoms with E-state index >= 15 is 0 Å². The largest absolute Gasteiger partial charge is 0.542 e. The Morgan fingerprint density at radius 3 is 3.17 bits per heavy atom. The second kappa shape index (κ2) is 2.18. The Morgan fingerprint density at radius 2 is 2.42 bits per heavy atom. The lowest BCUT2D eigenvalue weighted by atomic mass is 10.3. The zero-order valence-corrected chi connectivity index (χ0v) is 5.72. The molecule has 1 amide bonds. The summed E-state index contributed by atoms with van der Waals surface area (Å²) in [7, 11) is 0. The van der Waals surface area contributed by atoms with E-state index in [1.54, 1.807) is 0 Å². The van der Waals surface area contributed by atoms with Gasteiger partial charge in [-0.2, -0.15) is 10.3 Å². The van der Waals surface area contributed by atoms with Crippen LogP contribution in [-0.2, 0) is 4.79 Å². The van der Waals surface area contributed by atoms with E-state index in [0.29, 0.717) is 0 Å². The molecule has 0 bridgehead atoms.